The molecule has 0 aliphatic heterocycles. The minimum atomic E-state index is -0.533. The van der Waals surface area contributed by atoms with E-state index in [4.69, 9.17) is 19.9 Å². The fraction of sp³-hybridized carbons (Fsp3) is 0.233. The van der Waals surface area contributed by atoms with Gasteiger partial charge >= 0.3 is 18.0 Å². The van der Waals surface area contributed by atoms with E-state index in [1.165, 1.54) is 14.2 Å². The number of imidazole rings is 2. The van der Waals surface area contributed by atoms with Crippen LogP contribution in [0.5, 0.6) is 0 Å². The number of rotatable bonds is 7. The van der Waals surface area contributed by atoms with E-state index in [-0.39, 0.29) is 19.1 Å². The first-order valence-corrected chi connectivity index (χ1v) is 13.0. The molecule has 0 saturated carbocycles. The molecule has 42 heavy (non-hydrogen) atoms. The highest BCUT2D eigenvalue weighted by Crippen LogP contribution is 2.21. The van der Waals surface area contributed by atoms with Crippen molar-refractivity contribution < 1.29 is 28.6 Å². The molecule has 5 rings (SSSR count). The molecule has 2 aromatic heterocycles. The smallest absolute Gasteiger partial charge is 0.407 e. The number of nitrogens with two attached hydrogens (primary N) is 1. The van der Waals surface area contributed by atoms with E-state index in [1.807, 2.05) is 65.7 Å². The fourth-order valence-electron chi connectivity index (χ4n) is 4.34. The van der Waals surface area contributed by atoms with Crippen molar-refractivity contribution in [1.29, 1.82) is 0 Å². The Morgan fingerprint density at radius 2 is 1.29 bits per heavy atom. The van der Waals surface area contributed by atoms with Gasteiger partial charge in [0.05, 0.1) is 49.5 Å². The van der Waals surface area contributed by atoms with Gasteiger partial charge in [-0.25, -0.2) is 24.4 Å². The summed E-state index contributed by atoms with van der Waals surface area (Å²) in [6, 6.07) is 20.1. The van der Waals surface area contributed by atoms with Crippen molar-refractivity contribution in [3.05, 3.63) is 95.1 Å². The number of hydrogen-bond acceptors (Lipinski definition) is 9. The first-order chi connectivity index (χ1) is 20.3. The molecule has 12 heteroatoms. The maximum absolute atomic E-state index is 11.9. The quantitative estimate of drug-likeness (QED) is 0.220. The molecule has 0 aliphatic rings. The summed E-state index contributed by atoms with van der Waals surface area (Å²) in [5.74, 6) is 0.516. The molecule has 12 nitrogen and oxygen atoms in total. The van der Waals surface area contributed by atoms with Gasteiger partial charge in [0.2, 0.25) is 0 Å². The maximum Gasteiger partial charge on any atom is 0.407 e. The number of carbonyl (C=O) groups excluding carboxylic acids is 3. The lowest BCUT2D eigenvalue weighted by atomic mass is 10.2. The third-order valence-corrected chi connectivity index (χ3v) is 6.61. The number of nitrogens with one attached hydrogen (secondary N) is 1. The summed E-state index contributed by atoms with van der Waals surface area (Å²) in [4.78, 5) is 44.1. The molecule has 0 aliphatic carbocycles. The summed E-state index contributed by atoms with van der Waals surface area (Å²) in [5.41, 5.74) is 10.2. The van der Waals surface area contributed by atoms with Crippen LogP contribution in [0.4, 0.5) is 4.79 Å². The van der Waals surface area contributed by atoms with E-state index in [0.717, 1.165) is 22.4 Å². The number of fused-ring (bicyclic) bond motifs is 2. The average Bonchev–Trinajstić information content (AvgIpc) is 3.54. The Balaban J connectivity index is 0.000000216. The number of aryl methyl sites for hydroxylation is 2. The minimum Gasteiger partial charge on any atom is -0.465 e. The number of amides is 1. The van der Waals surface area contributed by atoms with Crippen molar-refractivity contribution in [2.45, 2.75) is 19.7 Å². The van der Waals surface area contributed by atoms with Crippen molar-refractivity contribution >= 4 is 40.1 Å². The van der Waals surface area contributed by atoms with Crippen LogP contribution in [0.25, 0.3) is 22.1 Å². The number of alkyl carbamates (subject to hydrolysis) is 1. The van der Waals surface area contributed by atoms with Crippen molar-refractivity contribution in [2.24, 2.45) is 19.8 Å². The third kappa shape index (κ3) is 6.39. The van der Waals surface area contributed by atoms with E-state index < -0.39 is 12.1 Å². The standard InChI is InChI=1S/C19H19N3O4.C11H13N3O2/c1-22-15-10-6-9-14(18(23)25-2)17(15)21-16(22)11-20-19(24)26-12-13-7-4-3-5-8-13;1-14-8-5-3-4-7(11(15)16-2)10(8)13-9(14)6-12/h3-10H,11-12H2,1-2H3,(H,20,24);3-5H,6,12H2,1-2H3. The Bertz CT molecular complexity index is 1730. The van der Waals surface area contributed by atoms with Crippen molar-refractivity contribution in [1.82, 2.24) is 24.4 Å². The lowest BCUT2D eigenvalue weighted by molar-refractivity contribution is 0.0594. The topological polar surface area (TPSA) is 153 Å². The second kappa shape index (κ2) is 13.4. The summed E-state index contributed by atoms with van der Waals surface area (Å²) in [7, 11) is 6.38. The van der Waals surface area contributed by atoms with Crippen molar-refractivity contribution in [3.8, 4) is 0 Å². The Kier molecular flexibility index (Phi) is 9.50. The molecule has 2 heterocycles. The first-order valence-electron chi connectivity index (χ1n) is 13.0. The van der Waals surface area contributed by atoms with Gasteiger partial charge in [0.1, 0.15) is 29.3 Å². The normalized spacial score (nSPS) is 10.6. The van der Waals surface area contributed by atoms with Crippen molar-refractivity contribution in [3.63, 3.8) is 0 Å². The zero-order chi connectivity index (χ0) is 30.2. The zero-order valence-electron chi connectivity index (χ0n) is 23.8. The van der Waals surface area contributed by atoms with Gasteiger partial charge in [-0.1, -0.05) is 42.5 Å². The molecule has 3 N–H and O–H groups in total. The monoisotopic (exact) mass is 572 g/mol. The number of aromatic nitrogens is 4. The van der Waals surface area contributed by atoms with Gasteiger partial charge in [0, 0.05) is 14.1 Å². The molecule has 0 saturated heterocycles. The highest BCUT2D eigenvalue weighted by molar-refractivity contribution is 6.02. The maximum atomic E-state index is 11.9. The van der Waals surface area contributed by atoms with Crippen LogP contribution in [0.3, 0.4) is 0 Å². The minimum absolute atomic E-state index is 0.180. The molecule has 5 aromatic rings. The number of nitrogens with zero attached hydrogens (tertiary/aromatic N) is 4. The van der Waals surface area contributed by atoms with E-state index in [2.05, 4.69) is 15.3 Å². The summed E-state index contributed by atoms with van der Waals surface area (Å²) in [5, 5.41) is 2.67. The third-order valence-electron chi connectivity index (χ3n) is 6.61. The molecule has 0 unspecified atom stereocenters. The molecule has 218 valence electrons. The second-order valence-corrected chi connectivity index (χ2v) is 9.12. The van der Waals surface area contributed by atoms with E-state index in [1.54, 1.807) is 24.3 Å². The molecule has 0 atom stereocenters. The molecular weight excluding hydrogens is 540 g/mol. The molecule has 0 fully saturated rings. The zero-order valence-corrected chi connectivity index (χ0v) is 23.8. The SMILES string of the molecule is COC(=O)c1cccc2c1nc(CN)n2C.COC(=O)c1cccc2c1nc(CNC(=O)OCc1ccccc1)n2C. The van der Waals surface area contributed by atoms with Gasteiger partial charge in [-0.2, -0.15) is 0 Å². The number of methoxy groups -OCH3 is 2. The average molecular weight is 573 g/mol. The Morgan fingerprint density at radius 3 is 1.81 bits per heavy atom. The Morgan fingerprint density at radius 1 is 0.762 bits per heavy atom. The molecule has 3 aromatic carbocycles. The summed E-state index contributed by atoms with van der Waals surface area (Å²) in [6.45, 7) is 0.715. The van der Waals surface area contributed by atoms with Crippen molar-refractivity contribution in [2.75, 3.05) is 14.2 Å². The number of ether oxygens (including phenoxy) is 3. The summed E-state index contributed by atoms with van der Waals surface area (Å²) in [6.07, 6.45) is -0.533. The van der Waals surface area contributed by atoms with Crippen LogP contribution in [0.15, 0.2) is 66.7 Å². The lowest BCUT2D eigenvalue weighted by Gasteiger charge is -2.07. The number of esters is 2. The van der Waals surface area contributed by atoms with Crippen LogP contribution in [-0.4, -0.2) is 51.4 Å². The molecule has 0 bridgehead atoms. The van der Waals surface area contributed by atoms with Gasteiger partial charge < -0.3 is 34.4 Å². The van der Waals surface area contributed by atoms with Gasteiger partial charge in [-0.3, -0.25) is 0 Å². The number of hydrogen-bond donors (Lipinski definition) is 2. The molecule has 0 spiro atoms. The van der Waals surface area contributed by atoms with Crippen LogP contribution in [0.2, 0.25) is 0 Å². The molecular formula is C30H32N6O6. The molecule has 1 amide bonds. The van der Waals surface area contributed by atoms with Crippen LogP contribution in [0, 0.1) is 0 Å². The largest absolute Gasteiger partial charge is 0.465 e. The van der Waals surface area contributed by atoms with Crippen LogP contribution >= 0.6 is 0 Å². The lowest BCUT2D eigenvalue weighted by Crippen LogP contribution is -2.25. The predicted molar refractivity (Wildman–Crippen MR) is 155 cm³/mol. The van der Waals surface area contributed by atoms with Crippen LogP contribution in [0.1, 0.15) is 37.9 Å². The summed E-state index contributed by atoms with van der Waals surface area (Å²) < 4.78 is 18.4. The van der Waals surface area contributed by atoms with E-state index >= 15 is 0 Å². The highest BCUT2D eigenvalue weighted by Gasteiger charge is 2.17. The predicted octanol–water partition coefficient (Wildman–Crippen LogP) is 3.60. The molecule has 0 radical (unpaired) electrons. The Labute approximate surface area is 242 Å². The van der Waals surface area contributed by atoms with Crippen LogP contribution < -0.4 is 11.1 Å². The fourth-order valence-corrected chi connectivity index (χ4v) is 4.34. The first kappa shape index (κ1) is 29.7. The van der Waals surface area contributed by atoms with Gasteiger partial charge in [-0.15, -0.1) is 0 Å². The van der Waals surface area contributed by atoms with Gasteiger partial charge in [0.15, 0.2) is 0 Å². The number of carbonyl (C=O) groups is 3. The number of benzene rings is 3. The van der Waals surface area contributed by atoms with E-state index in [9.17, 15) is 14.4 Å². The van der Waals surface area contributed by atoms with Gasteiger partial charge in [0.25, 0.3) is 0 Å². The summed E-state index contributed by atoms with van der Waals surface area (Å²) >= 11 is 0. The Hall–Kier alpha value is -5.23. The second-order valence-electron chi connectivity index (χ2n) is 9.12. The van der Waals surface area contributed by atoms with Crippen LogP contribution in [-0.2, 0) is 48.0 Å². The highest BCUT2D eigenvalue weighted by atomic mass is 16.5. The number of para-hydroxylation sites is 2. The van der Waals surface area contributed by atoms with E-state index in [0.29, 0.717) is 34.5 Å². The van der Waals surface area contributed by atoms with Gasteiger partial charge in [-0.05, 0) is 29.8 Å².